The molecule has 2 aromatic heterocycles. The molecular weight excluding hydrogens is 434 g/mol. The molecular formula is C26H24ClN5O. The van der Waals surface area contributed by atoms with Crippen molar-refractivity contribution in [2.24, 2.45) is 0 Å². The third-order valence-electron chi connectivity index (χ3n) is 5.82. The normalized spacial score (nSPS) is 11.6. The minimum absolute atomic E-state index is 0.113. The molecule has 0 saturated heterocycles. The molecule has 0 spiro atoms. The lowest BCUT2D eigenvalue weighted by Crippen LogP contribution is -2.27. The summed E-state index contributed by atoms with van der Waals surface area (Å²) in [5, 5.41) is 1.27. The van der Waals surface area contributed by atoms with E-state index in [-0.39, 0.29) is 5.56 Å². The number of para-hydroxylation sites is 1. The molecule has 0 aliphatic rings. The summed E-state index contributed by atoms with van der Waals surface area (Å²) in [6, 6.07) is 23.6. The summed E-state index contributed by atoms with van der Waals surface area (Å²) >= 11 is 6.24. The number of aromatic amines is 1. The van der Waals surface area contributed by atoms with Crippen LogP contribution < -0.4 is 5.56 Å². The van der Waals surface area contributed by atoms with Crippen molar-refractivity contribution in [3.05, 3.63) is 105 Å². The summed E-state index contributed by atoms with van der Waals surface area (Å²) in [6.45, 7) is 4.74. The molecule has 6 nitrogen and oxygen atoms in total. The third kappa shape index (κ3) is 4.53. The molecule has 0 unspecified atom stereocenters. The van der Waals surface area contributed by atoms with Crippen molar-refractivity contribution in [3.63, 3.8) is 0 Å². The van der Waals surface area contributed by atoms with Gasteiger partial charge >= 0.3 is 0 Å². The van der Waals surface area contributed by atoms with E-state index in [0.717, 1.165) is 29.9 Å². The highest BCUT2D eigenvalue weighted by molar-refractivity contribution is 6.31. The van der Waals surface area contributed by atoms with Crippen LogP contribution in [0.25, 0.3) is 21.9 Å². The smallest absolute Gasteiger partial charge is 0.258 e. The Morgan fingerprint density at radius 2 is 1.73 bits per heavy atom. The maximum Gasteiger partial charge on any atom is 0.258 e. The van der Waals surface area contributed by atoms with Crippen LogP contribution in [0.5, 0.6) is 0 Å². The predicted molar refractivity (Wildman–Crippen MR) is 132 cm³/mol. The van der Waals surface area contributed by atoms with Crippen molar-refractivity contribution in [2.75, 3.05) is 6.54 Å². The van der Waals surface area contributed by atoms with E-state index in [0.29, 0.717) is 34.8 Å². The number of halogens is 1. The number of fused-ring (bicyclic) bond motifs is 2. The molecule has 1 N–H and O–H groups in total. The Morgan fingerprint density at radius 3 is 2.55 bits per heavy atom. The first-order valence-electron chi connectivity index (χ1n) is 11.0. The SMILES string of the molecule is CCN(Cc1nc2ccccc2c(=O)[nH]1)Cc1nc2cc(Cl)ccc2n1Cc1ccccc1. The van der Waals surface area contributed by atoms with Gasteiger partial charge in [-0.2, -0.15) is 0 Å². The second-order valence-corrected chi connectivity index (χ2v) is 8.50. The Morgan fingerprint density at radius 1 is 0.939 bits per heavy atom. The molecule has 0 fully saturated rings. The zero-order valence-corrected chi connectivity index (χ0v) is 19.1. The van der Waals surface area contributed by atoms with Gasteiger partial charge in [0.05, 0.1) is 35.0 Å². The Labute approximate surface area is 196 Å². The van der Waals surface area contributed by atoms with Crippen LogP contribution in [-0.4, -0.2) is 31.0 Å². The van der Waals surface area contributed by atoms with Gasteiger partial charge in [-0.25, -0.2) is 9.97 Å². The average molecular weight is 458 g/mol. The van der Waals surface area contributed by atoms with Gasteiger partial charge in [0.25, 0.3) is 5.56 Å². The standard InChI is InChI=1S/C26H24ClN5O/c1-2-31(16-24-28-21-11-7-6-10-20(21)26(33)30-24)17-25-29-22-14-19(27)12-13-23(22)32(25)15-18-8-4-3-5-9-18/h3-14H,2,15-17H2,1H3,(H,28,30,33). The zero-order chi connectivity index (χ0) is 22.8. The number of hydrogen-bond acceptors (Lipinski definition) is 4. The zero-order valence-electron chi connectivity index (χ0n) is 18.3. The molecule has 5 rings (SSSR count). The van der Waals surface area contributed by atoms with Crippen LogP contribution in [0.15, 0.2) is 77.6 Å². The van der Waals surface area contributed by atoms with E-state index >= 15 is 0 Å². The third-order valence-corrected chi connectivity index (χ3v) is 6.06. The van der Waals surface area contributed by atoms with Crippen LogP contribution in [0, 0.1) is 0 Å². The second-order valence-electron chi connectivity index (χ2n) is 8.07. The van der Waals surface area contributed by atoms with Gasteiger partial charge in [-0.1, -0.05) is 61.0 Å². The van der Waals surface area contributed by atoms with Crippen molar-refractivity contribution in [1.29, 1.82) is 0 Å². The number of rotatable bonds is 7. The fourth-order valence-electron chi connectivity index (χ4n) is 4.12. The van der Waals surface area contributed by atoms with Crippen molar-refractivity contribution < 1.29 is 0 Å². The van der Waals surface area contributed by atoms with Gasteiger partial charge in [0.2, 0.25) is 0 Å². The highest BCUT2D eigenvalue weighted by atomic mass is 35.5. The molecule has 0 aliphatic heterocycles. The fourth-order valence-corrected chi connectivity index (χ4v) is 4.28. The molecule has 166 valence electrons. The summed E-state index contributed by atoms with van der Waals surface area (Å²) in [5.41, 5.74) is 3.72. The van der Waals surface area contributed by atoms with Gasteiger partial charge < -0.3 is 9.55 Å². The van der Waals surface area contributed by atoms with Gasteiger partial charge in [0.15, 0.2) is 0 Å². The quantitative estimate of drug-likeness (QED) is 0.373. The summed E-state index contributed by atoms with van der Waals surface area (Å²) in [5.74, 6) is 1.59. The van der Waals surface area contributed by atoms with Crippen LogP contribution >= 0.6 is 11.6 Å². The van der Waals surface area contributed by atoms with Crippen molar-refractivity contribution >= 4 is 33.5 Å². The maximum atomic E-state index is 12.5. The molecule has 2 heterocycles. The lowest BCUT2D eigenvalue weighted by Gasteiger charge is -2.20. The van der Waals surface area contributed by atoms with E-state index in [1.807, 2.05) is 54.6 Å². The minimum atomic E-state index is -0.113. The number of benzene rings is 3. The van der Waals surface area contributed by atoms with Crippen LogP contribution in [0.2, 0.25) is 5.02 Å². The van der Waals surface area contributed by atoms with E-state index in [9.17, 15) is 4.79 Å². The van der Waals surface area contributed by atoms with Crippen LogP contribution in [0.3, 0.4) is 0 Å². The Hall–Kier alpha value is -3.48. The first-order valence-corrected chi connectivity index (χ1v) is 11.4. The summed E-state index contributed by atoms with van der Waals surface area (Å²) in [6.07, 6.45) is 0. The first kappa shape index (κ1) is 21.4. The Kier molecular flexibility index (Phi) is 5.94. The highest BCUT2D eigenvalue weighted by Crippen LogP contribution is 2.23. The molecule has 0 atom stereocenters. The summed E-state index contributed by atoms with van der Waals surface area (Å²) in [4.78, 5) is 27.2. The molecule has 0 aliphatic carbocycles. The van der Waals surface area contributed by atoms with Crippen LogP contribution in [-0.2, 0) is 19.6 Å². The predicted octanol–water partition coefficient (Wildman–Crippen LogP) is 5.00. The Bertz CT molecular complexity index is 1480. The molecule has 0 radical (unpaired) electrons. The lowest BCUT2D eigenvalue weighted by atomic mass is 10.2. The van der Waals surface area contributed by atoms with Gasteiger partial charge in [0.1, 0.15) is 11.6 Å². The van der Waals surface area contributed by atoms with E-state index in [4.69, 9.17) is 16.6 Å². The fraction of sp³-hybridized carbons (Fsp3) is 0.192. The maximum absolute atomic E-state index is 12.5. The lowest BCUT2D eigenvalue weighted by molar-refractivity contribution is 0.255. The van der Waals surface area contributed by atoms with E-state index in [1.54, 1.807) is 6.07 Å². The molecule has 5 aromatic rings. The molecule has 33 heavy (non-hydrogen) atoms. The van der Waals surface area contributed by atoms with E-state index in [1.165, 1.54) is 5.56 Å². The first-order chi connectivity index (χ1) is 16.1. The Balaban J connectivity index is 1.48. The minimum Gasteiger partial charge on any atom is -0.322 e. The van der Waals surface area contributed by atoms with Crippen molar-refractivity contribution in [2.45, 2.75) is 26.6 Å². The summed E-state index contributed by atoms with van der Waals surface area (Å²) in [7, 11) is 0. The van der Waals surface area contributed by atoms with Crippen molar-refractivity contribution in [3.8, 4) is 0 Å². The molecule has 7 heteroatoms. The van der Waals surface area contributed by atoms with Gasteiger partial charge in [-0.15, -0.1) is 0 Å². The van der Waals surface area contributed by atoms with E-state index < -0.39 is 0 Å². The van der Waals surface area contributed by atoms with E-state index in [2.05, 4.69) is 38.5 Å². The molecule has 0 bridgehead atoms. The number of H-pyrrole nitrogens is 1. The topological polar surface area (TPSA) is 66.8 Å². The monoisotopic (exact) mass is 457 g/mol. The second kappa shape index (κ2) is 9.17. The van der Waals surface area contributed by atoms with Crippen molar-refractivity contribution in [1.82, 2.24) is 24.4 Å². The number of imidazole rings is 1. The van der Waals surface area contributed by atoms with Gasteiger partial charge in [0, 0.05) is 11.6 Å². The molecule has 0 amide bonds. The van der Waals surface area contributed by atoms with Crippen LogP contribution in [0.4, 0.5) is 0 Å². The van der Waals surface area contributed by atoms with Crippen LogP contribution in [0.1, 0.15) is 24.1 Å². The highest BCUT2D eigenvalue weighted by Gasteiger charge is 2.16. The largest absolute Gasteiger partial charge is 0.322 e. The molecule has 3 aromatic carbocycles. The number of nitrogens with one attached hydrogen (secondary N) is 1. The number of aromatic nitrogens is 4. The number of nitrogens with zero attached hydrogens (tertiary/aromatic N) is 4. The average Bonchev–Trinajstić information content (AvgIpc) is 3.15. The molecule has 0 saturated carbocycles. The van der Waals surface area contributed by atoms with Gasteiger partial charge in [-0.05, 0) is 42.4 Å². The van der Waals surface area contributed by atoms with Gasteiger partial charge in [-0.3, -0.25) is 9.69 Å². The number of hydrogen-bond donors (Lipinski definition) is 1. The summed E-state index contributed by atoms with van der Waals surface area (Å²) < 4.78 is 2.24.